The number of nitrogens with one attached hydrogen (secondary N) is 1. The second-order valence-corrected chi connectivity index (χ2v) is 5.95. The highest BCUT2D eigenvalue weighted by Gasteiger charge is 2.13. The summed E-state index contributed by atoms with van der Waals surface area (Å²) in [6, 6.07) is 8.80. The topological polar surface area (TPSA) is 30.5 Å². The lowest BCUT2D eigenvalue weighted by molar-refractivity contribution is -0.0447. The second kappa shape index (κ2) is 9.19. The minimum absolute atomic E-state index is 0.304. The van der Waals surface area contributed by atoms with Crippen molar-refractivity contribution in [3.8, 4) is 0 Å². The van der Waals surface area contributed by atoms with Crippen molar-refractivity contribution >= 4 is 0 Å². The summed E-state index contributed by atoms with van der Waals surface area (Å²) in [6.07, 6.45) is 3.91. The Kier molecular flexibility index (Phi) is 7.20. The fourth-order valence-electron chi connectivity index (χ4n) is 2.67. The maximum absolute atomic E-state index is 5.79. The Labute approximate surface area is 129 Å². The zero-order valence-corrected chi connectivity index (χ0v) is 13.4. The molecule has 2 atom stereocenters. The maximum Gasteiger partial charge on any atom is 0.0808 e. The molecule has 1 aromatic rings. The Morgan fingerprint density at radius 3 is 2.76 bits per heavy atom. The van der Waals surface area contributed by atoms with Gasteiger partial charge in [-0.2, -0.15) is 0 Å². The van der Waals surface area contributed by atoms with E-state index in [9.17, 15) is 0 Å². The molecular formula is C18H29NO2. The van der Waals surface area contributed by atoms with Gasteiger partial charge in [0, 0.05) is 13.2 Å². The number of ether oxygens (including phenoxy) is 2. The highest BCUT2D eigenvalue weighted by atomic mass is 16.5. The molecule has 21 heavy (non-hydrogen) atoms. The van der Waals surface area contributed by atoms with Gasteiger partial charge in [0.25, 0.3) is 0 Å². The second-order valence-electron chi connectivity index (χ2n) is 5.95. The van der Waals surface area contributed by atoms with Crippen LogP contribution in [0.15, 0.2) is 24.3 Å². The van der Waals surface area contributed by atoms with Gasteiger partial charge in [-0.05, 0) is 42.9 Å². The minimum Gasteiger partial charge on any atom is -0.376 e. The molecule has 3 nitrogen and oxygen atoms in total. The van der Waals surface area contributed by atoms with Crippen LogP contribution in [0.5, 0.6) is 0 Å². The van der Waals surface area contributed by atoms with E-state index in [0.29, 0.717) is 18.6 Å². The Morgan fingerprint density at radius 2 is 2.10 bits per heavy atom. The van der Waals surface area contributed by atoms with E-state index in [1.807, 2.05) is 0 Å². The van der Waals surface area contributed by atoms with Crippen molar-refractivity contribution in [3.63, 3.8) is 0 Å². The number of hydrogen-bond acceptors (Lipinski definition) is 3. The third-order valence-electron chi connectivity index (χ3n) is 4.10. The summed E-state index contributed by atoms with van der Waals surface area (Å²) in [5, 5.41) is 3.39. The van der Waals surface area contributed by atoms with Crippen LogP contribution in [0.3, 0.4) is 0 Å². The van der Waals surface area contributed by atoms with Crippen molar-refractivity contribution in [2.75, 3.05) is 26.3 Å². The van der Waals surface area contributed by atoms with Gasteiger partial charge in [0.05, 0.1) is 19.3 Å². The van der Waals surface area contributed by atoms with E-state index in [0.717, 1.165) is 32.7 Å². The number of hydrogen-bond donors (Lipinski definition) is 1. The van der Waals surface area contributed by atoms with Crippen molar-refractivity contribution in [1.82, 2.24) is 5.32 Å². The average Bonchev–Trinajstić information content (AvgIpc) is 2.54. The summed E-state index contributed by atoms with van der Waals surface area (Å²) in [5.74, 6) is 0.551. The Hall–Kier alpha value is -0.900. The fraction of sp³-hybridized carbons (Fsp3) is 0.667. The SMILES string of the molecule is CCNCC(C)c1ccc(COCC2CCCCO2)cc1. The lowest BCUT2D eigenvalue weighted by Gasteiger charge is -2.22. The predicted octanol–water partition coefficient (Wildman–Crippen LogP) is 3.49. The van der Waals surface area contributed by atoms with Gasteiger partial charge in [0.15, 0.2) is 0 Å². The molecule has 1 aromatic carbocycles. The zero-order valence-electron chi connectivity index (χ0n) is 13.4. The molecule has 0 radical (unpaired) electrons. The molecule has 3 heteroatoms. The van der Waals surface area contributed by atoms with Crippen LogP contribution in [0.4, 0.5) is 0 Å². The summed E-state index contributed by atoms with van der Waals surface area (Å²) < 4.78 is 11.5. The van der Waals surface area contributed by atoms with Crippen LogP contribution in [-0.2, 0) is 16.1 Å². The molecule has 0 saturated carbocycles. The van der Waals surface area contributed by atoms with Crippen molar-refractivity contribution < 1.29 is 9.47 Å². The summed E-state index contributed by atoms with van der Waals surface area (Å²) >= 11 is 0. The largest absolute Gasteiger partial charge is 0.376 e. The fourth-order valence-corrected chi connectivity index (χ4v) is 2.67. The third kappa shape index (κ3) is 5.77. The smallest absolute Gasteiger partial charge is 0.0808 e. The van der Waals surface area contributed by atoms with Crippen LogP contribution in [0, 0.1) is 0 Å². The molecule has 2 unspecified atom stereocenters. The average molecular weight is 291 g/mol. The predicted molar refractivity (Wildman–Crippen MR) is 86.6 cm³/mol. The lowest BCUT2D eigenvalue weighted by atomic mass is 10.00. The van der Waals surface area contributed by atoms with E-state index in [4.69, 9.17) is 9.47 Å². The van der Waals surface area contributed by atoms with Crippen molar-refractivity contribution in [3.05, 3.63) is 35.4 Å². The van der Waals surface area contributed by atoms with Crippen LogP contribution in [0.2, 0.25) is 0 Å². The molecule has 1 aliphatic heterocycles. The Balaban J connectivity index is 1.71. The first-order valence-corrected chi connectivity index (χ1v) is 8.28. The first-order valence-electron chi connectivity index (χ1n) is 8.28. The van der Waals surface area contributed by atoms with Crippen LogP contribution in [0.25, 0.3) is 0 Å². The van der Waals surface area contributed by atoms with E-state index in [1.165, 1.54) is 24.0 Å². The molecule has 1 N–H and O–H groups in total. The number of rotatable bonds is 8. The van der Waals surface area contributed by atoms with Gasteiger partial charge in [-0.3, -0.25) is 0 Å². The van der Waals surface area contributed by atoms with E-state index in [1.54, 1.807) is 0 Å². The van der Waals surface area contributed by atoms with Gasteiger partial charge in [-0.15, -0.1) is 0 Å². The molecule has 2 rings (SSSR count). The third-order valence-corrected chi connectivity index (χ3v) is 4.10. The Bertz CT molecular complexity index is 385. The summed E-state index contributed by atoms with van der Waals surface area (Å²) in [4.78, 5) is 0. The van der Waals surface area contributed by atoms with Gasteiger partial charge in [0.2, 0.25) is 0 Å². The minimum atomic E-state index is 0.304. The normalized spacial score (nSPS) is 20.4. The highest BCUT2D eigenvalue weighted by molar-refractivity contribution is 5.24. The van der Waals surface area contributed by atoms with E-state index in [-0.39, 0.29) is 0 Å². The lowest BCUT2D eigenvalue weighted by Crippen LogP contribution is -2.24. The van der Waals surface area contributed by atoms with Gasteiger partial charge in [-0.1, -0.05) is 38.1 Å². The maximum atomic E-state index is 5.79. The quantitative estimate of drug-likeness (QED) is 0.795. The van der Waals surface area contributed by atoms with Gasteiger partial charge >= 0.3 is 0 Å². The molecule has 1 aliphatic rings. The van der Waals surface area contributed by atoms with E-state index in [2.05, 4.69) is 43.4 Å². The molecule has 1 saturated heterocycles. The van der Waals surface area contributed by atoms with Crippen LogP contribution >= 0.6 is 0 Å². The monoisotopic (exact) mass is 291 g/mol. The molecule has 1 heterocycles. The van der Waals surface area contributed by atoms with E-state index >= 15 is 0 Å². The molecule has 0 spiro atoms. The Morgan fingerprint density at radius 1 is 1.29 bits per heavy atom. The number of likely N-dealkylation sites (N-methyl/N-ethyl adjacent to an activating group) is 1. The molecule has 118 valence electrons. The first kappa shape index (κ1) is 16.5. The van der Waals surface area contributed by atoms with Gasteiger partial charge < -0.3 is 14.8 Å². The molecule has 1 fully saturated rings. The first-order chi connectivity index (χ1) is 10.3. The molecule has 0 aliphatic carbocycles. The molecule has 0 aromatic heterocycles. The summed E-state index contributed by atoms with van der Waals surface area (Å²) in [6.45, 7) is 8.76. The highest BCUT2D eigenvalue weighted by Crippen LogP contribution is 2.16. The van der Waals surface area contributed by atoms with Crippen molar-refractivity contribution in [2.45, 2.75) is 51.7 Å². The molecule has 0 bridgehead atoms. The van der Waals surface area contributed by atoms with Crippen LogP contribution in [0.1, 0.15) is 50.2 Å². The van der Waals surface area contributed by atoms with Crippen molar-refractivity contribution in [2.24, 2.45) is 0 Å². The standard InChI is InChI=1S/C18H29NO2/c1-3-19-12-15(2)17-9-7-16(8-10-17)13-20-14-18-6-4-5-11-21-18/h7-10,15,18-19H,3-6,11-14H2,1-2H3. The van der Waals surface area contributed by atoms with Gasteiger partial charge in [0.1, 0.15) is 0 Å². The van der Waals surface area contributed by atoms with Crippen LogP contribution in [-0.4, -0.2) is 32.4 Å². The zero-order chi connectivity index (χ0) is 14.9. The van der Waals surface area contributed by atoms with E-state index < -0.39 is 0 Å². The van der Waals surface area contributed by atoms with Crippen molar-refractivity contribution in [1.29, 1.82) is 0 Å². The summed E-state index contributed by atoms with van der Waals surface area (Å²) in [7, 11) is 0. The van der Waals surface area contributed by atoms with Gasteiger partial charge in [-0.25, -0.2) is 0 Å². The number of benzene rings is 1. The summed E-state index contributed by atoms with van der Waals surface area (Å²) in [5.41, 5.74) is 2.63. The molecule has 0 amide bonds. The van der Waals surface area contributed by atoms with Crippen LogP contribution < -0.4 is 5.32 Å². The molecular weight excluding hydrogens is 262 g/mol.